The maximum Gasteiger partial charge on any atom is 0.271 e. The van der Waals surface area contributed by atoms with E-state index in [9.17, 15) is 13.2 Å². The number of aryl methyl sites for hydroxylation is 3. The smallest absolute Gasteiger partial charge is 0.271 e. The van der Waals surface area contributed by atoms with E-state index in [0.29, 0.717) is 29.2 Å². The van der Waals surface area contributed by atoms with Gasteiger partial charge in [0, 0.05) is 17.0 Å². The van der Waals surface area contributed by atoms with Crippen molar-refractivity contribution in [3.63, 3.8) is 0 Å². The minimum atomic E-state index is -3.69. The summed E-state index contributed by atoms with van der Waals surface area (Å²) in [6.07, 6.45) is 3.72. The second-order valence-electron chi connectivity index (χ2n) is 6.88. The van der Waals surface area contributed by atoms with Crippen LogP contribution < -0.4 is 10.0 Å². The summed E-state index contributed by atoms with van der Waals surface area (Å²) < 4.78 is 33.5. The number of benzene rings is 1. The standard InChI is InChI=1S/C21H23N3O4S2/c1-5-19(25)22-21-15(4)23-28-18(21)8-6-17-7-9-20(29-17)30(26,27)24-16-11-13(2)10-14(3)12-16/h6-12,24H,5H2,1-4H3,(H,22,25)/b8-6+. The highest BCUT2D eigenvalue weighted by atomic mass is 32.2. The van der Waals surface area contributed by atoms with Crippen LogP contribution in [0.3, 0.4) is 0 Å². The highest BCUT2D eigenvalue weighted by Crippen LogP contribution is 2.28. The Morgan fingerprint density at radius 3 is 2.50 bits per heavy atom. The van der Waals surface area contributed by atoms with E-state index in [2.05, 4.69) is 15.2 Å². The molecule has 0 saturated carbocycles. The maximum absolute atomic E-state index is 12.7. The third kappa shape index (κ3) is 5.17. The molecule has 30 heavy (non-hydrogen) atoms. The first-order chi connectivity index (χ1) is 14.2. The lowest BCUT2D eigenvalue weighted by Crippen LogP contribution is -2.11. The fourth-order valence-electron chi connectivity index (χ4n) is 2.85. The normalized spacial score (nSPS) is 11.7. The molecule has 0 aliphatic carbocycles. The Morgan fingerprint density at radius 2 is 1.83 bits per heavy atom. The summed E-state index contributed by atoms with van der Waals surface area (Å²) in [7, 11) is -3.69. The van der Waals surface area contributed by atoms with E-state index in [0.717, 1.165) is 27.3 Å². The first kappa shape index (κ1) is 21.8. The molecule has 158 valence electrons. The van der Waals surface area contributed by atoms with Gasteiger partial charge < -0.3 is 9.84 Å². The van der Waals surface area contributed by atoms with Gasteiger partial charge in [0.15, 0.2) is 5.76 Å². The van der Waals surface area contributed by atoms with Crippen LogP contribution in [0, 0.1) is 20.8 Å². The number of thiophene rings is 1. The van der Waals surface area contributed by atoms with Crippen LogP contribution >= 0.6 is 11.3 Å². The van der Waals surface area contributed by atoms with Crippen molar-refractivity contribution in [2.24, 2.45) is 0 Å². The maximum atomic E-state index is 12.7. The van der Waals surface area contributed by atoms with Gasteiger partial charge in [-0.2, -0.15) is 0 Å². The van der Waals surface area contributed by atoms with Crippen molar-refractivity contribution in [1.29, 1.82) is 0 Å². The number of hydrogen-bond donors (Lipinski definition) is 2. The molecule has 0 unspecified atom stereocenters. The number of anilines is 2. The van der Waals surface area contributed by atoms with Gasteiger partial charge in [-0.05, 0) is 68.3 Å². The number of nitrogens with zero attached hydrogens (tertiary/aromatic N) is 1. The van der Waals surface area contributed by atoms with E-state index in [1.807, 2.05) is 19.9 Å². The highest BCUT2D eigenvalue weighted by molar-refractivity contribution is 7.94. The molecule has 2 heterocycles. The van der Waals surface area contributed by atoms with Gasteiger partial charge in [-0.25, -0.2) is 8.42 Å². The number of amides is 1. The minimum absolute atomic E-state index is 0.141. The second kappa shape index (κ2) is 8.85. The molecule has 3 aromatic rings. The molecule has 9 heteroatoms. The van der Waals surface area contributed by atoms with Crippen molar-refractivity contribution in [2.75, 3.05) is 10.0 Å². The molecule has 0 atom stereocenters. The van der Waals surface area contributed by atoms with Crippen LogP contribution in [0.2, 0.25) is 0 Å². The molecule has 2 aromatic heterocycles. The molecule has 1 amide bonds. The van der Waals surface area contributed by atoms with Crippen LogP contribution in [0.15, 0.2) is 39.1 Å². The van der Waals surface area contributed by atoms with Crippen LogP contribution in [0.4, 0.5) is 11.4 Å². The van der Waals surface area contributed by atoms with Gasteiger partial charge in [-0.15, -0.1) is 11.3 Å². The summed E-state index contributed by atoms with van der Waals surface area (Å²) in [6.45, 7) is 7.33. The number of carbonyl (C=O) groups is 1. The topological polar surface area (TPSA) is 101 Å². The molecule has 7 nitrogen and oxygen atoms in total. The number of sulfonamides is 1. The number of carbonyl (C=O) groups excluding carboxylic acids is 1. The van der Waals surface area contributed by atoms with Gasteiger partial charge in [-0.3, -0.25) is 9.52 Å². The number of rotatable bonds is 7. The average Bonchev–Trinajstić information content (AvgIpc) is 3.27. The zero-order chi connectivity index (χ0) is 21.9. The third-order valence-electron chi connectivity index (χ3n) is 4.21. The monoisotopic (exact) mass is 445 g/mol. The zero-order valence-electron chi connectivity index (χ0n) is 17.1. The van der Waals surface area contributed by atoms with E-state index in [1.54, 1.807) is 50.3 Å². The van der Waals surface area contributed by atoms with Crippen LogP contribution in [0.5, 0.6) is 0 Å². The molecular weight excluding hydrogens is 422 g/mol. The SMILES string of the molecule is CCC(=O)Nc1c(C)noc1/C=C/c1ccc(S(=O)(=O)Nc2cc(C)cc(C)c2)s1. The fraction of sp³-hybridized carbons (Fsp3) is 0.238. The van der Waals surface area contributed by atoms with Gasteiger partial charge in [0.25, 0.3) is 10.0 Å². The molecule has 0 bridgehead atoms. The second-order valence-corrected chi connectivity index (χ2v) is 9.91. The van der Waals surface area contributed by atoms with Crippen LogP contribution in [-0.4, -0.2) is 19.5 Å². The number of aromatic nitrogens is 1. The Labute approximate surface area is 179 Å². The quantitative estimate of drug-likeness (QED) is 0.534. The van der Waals surface area contributed by atoms with Gasteiger partial charge >= 0.3 is 0 Å². The summed E-state index contributed by atoms with van der Waals surface area (Å²) >= 11 is 1.13. The van der Waals surface area contributed by atoms with E-state index < -0.39 is 10.0 Å². The highest BCUT2D eigenvalue weighted by Gasteiger charge is 2.17. The molecule has 0 saturated heterocycles. The molecule has 1 aromatic carbocycles. The van der Waals surface area contributed by atoms with Crippen LogP contribution in [0.1, 0.15) is 40.8 Å². The van der Waals surface area contributed by atoms with Gasteiger partial charge in [0.1, 0.15) is 15.6 Å². The van der Waals surface area contributed by atoms with Crippen molar-refractivity contribution in [1.82, 2.24) is 5.16 Å². The first-order valence-corrected chi connectivity index (χ1v) is 11.6. The van der Waals surface area contributed by atoms with E-state index in [4.69, 9.17) is 4.52 Å². The summed E-state index contributed by atoms with van der Waals surface area (Å²) in [4.78, 5) is 12.4. The number of nitrogens with one attached hydrogen (secondary N) is 2. The third-order valence-corrected chi connectivity index (χ3v) is 7.14. The van der Waals surface area contributed by atoms with Crippen LogP contribution in [-0.2, 0) is 14.8 Å². The minimum Gasteiger partial charge on any atom is -0.354 e. The lowest BCUT2D eigenvalue weighted by Gasteiger charge is -2.08. The Morgan fingerprint density at radius 1 is 1.13 bits per heavy atom. The summed E-state index contributed by atoms with van der Waals surface area (Å²) in [5.74, 6) is 0.262. The van der Waals surface area contributed by atoms with Crippen molar-refractivity contribution < 1.29 is 17.7 Å². The van der Waals surface area contributed by atoms with E-state index in [-0.39, 0.29) is 10.1 Å². The lowest BCUT2D eigenvalue weighted by molar-refractivity contribution is -0.115. The van der Waals surface area contributed by atoms with E-state index >= 15 is 0 Å². The van der Waals surface area contributed by atoms with Crippen molar-refractivity contribution in [3.05, 3.63) is 57.8 Å². The van der Waals surface area contributed by atoms with Crippen molar-refractivity contribution in [3.8, 4) is 0 Å². The Bertz CT molecular complexity index is 1190. The summed E-state index contributed by atoms with van der Waals surface area (Å²) in [5, 5.41) is 6.64. The summed E-state index contributed by atoms with van der Waals surface area (Å²) in [6, 6.07) is 8.83. The van der Waals surface area contributed by atoms with Gasteiger partial charge in [0.2, 0.25) is 5.91 Å². The zero-order valence-corrected chi connectivity index (χ0v) is 18.8. The first-order valence-electron chi connectivity index (χ1n) is 9.33. The lowest BCUT2D eigenvalue weighted by atomic mass is 10.1. The molecule has 0 radical (unpaired) electrons. The van der Waals surface area contributed by atoms with Crippen molar-refractivity contribution >= 4 is 50.8 Å². The molecule has 3 rings (SSSR count). The predicted octanol–water partition coefficient (Wildman–Crippen LogP) is 4.98. The predicted molar refractivity (Wildman–Crippen MR) is 120 cm³/mol. The largest absolute Gasteiger partial charge is 0.354 e. The average molecular weight is 446 g/mol. The Hall–Kier alpha value is -2.91. The molecular formula is C21H23N3O4S2. The Kier molecular flexibility index (Phi) is 6.42. The molecule has 0 aliphatic heterocycles. The fourth-order valence-corrected chi connectivity index (χ4v) is 5.12. The summed E-state index contributed by atoms with van der Waals surface area (Å²) in [5.41, 5.74) is 3.58. The number of hydrogen-bond acceptors (Lipinski definition) is 6. The molecule has 0 aliphatic rings. The molecule has 0 spiro atoms. The molecule has 0 fully saturated rings. The van der Waals surface area contributed by atoms with Crippen LogP contribution in [0.25, 0.3) is 12.2 Å². The van der Waals surface area contributed by atoms with Gasteiger partial charge in [0.05, 0.1) is 0 Å². The van der Waals surface area contributed by atoms with E-state index in [1.165, 1.54) is 0 Å². The van der Waals surface area contributed by atoms with Gasteiger partial charge in [-0.1, -0.05) is 18.1 Å². The Balaban J connectivity index is 1.79. The van der Waals surface area contributed by atoms with Crippen molar-refractivity contribution in [2.45, 2.75) is 38.3 Å². The molecule has 2 N–H and O–H groups in total.